The zero-order valence-electron chi connectivity index (χ0n) is 11.5. The second-order valence-electron chi connectivity index (χ2n) is 4.65. The summed E-state index contributed by atoms with van der Waals surface area (Å²) in [6, 6.07) is 6.74. The van der Waals surface area contributed by atoms with E-state index in [-0.39, 0.29) is 11.7 Å². The van der Waals surface area contributed by atoms with Gasteiger partial charge in [0.15, 0.2) is 0 Å². The molecule has 0 aliphatic rings. The van der Waals surface area contributed by atoms with Crippen LogP contribution in [-0.2, 0) is 13.5 Å². The van der Waals surface area contributed by atoms with Crippen LogP contribution in [0.5, 0.6) is 0 Å². The molecule has 7 heteroatoms. The third kappa shape index (κ3) is 3.39. The van der Waals surface area contributed by atoms with Crippen LogP contribution in [-0.4, -0.2) is 26.2 Å². The lowest BCUT2D eigenvalue weighted by Gasteiger charge is -2.12. The Labute approximate surface area is 116 Å². The van der Waals surface area contributed by atoms with Gasteiger partial charge in [-0.25, -0.2) is 0 Å². The largest absolute Gasteiger partial charge is 0.319 e. The molecule has 0 saturated carbocycles. The van der Waals surface area contributed by atoms with Gasteiger partial charge in [0.2, 0.25) is 0 Å². The van der Waals surface area contributed by atoms with E-state index in [1.54, 1.807) is 18.5 Å². The Hall–Kier alpha value is -2.28. The van der Waals surface area contributed by atoms with Crippen LogP contribution in [0.3, 0.4) is 0 Å². The summed E-state index contributed by atoms with van der Waals surface area (Å²) in [5, 5.41) is 21.8. The highest BCUT2D eigenvalue weighted by atomic mass is 16.6. The van der Waals surface area contributed by atoms with Crippen molar-refractivity contribution < 1.29 is 4.92 Å². The lowest BCUT2D eigenvalue weighted by atomic mass is 10.1. The number of rotatable bonds is 6. The molecule has 0 bridgehead atoms. The fraction of sp³-hybridized carbons (Fsp3) is 0.385. The highest BCUT2D eigenvalue weighted by molar-refractivity contribution is 5.32. The van der Waals surface area contributed by atoms with Crippen molar-refractivity contribution in [2.24, 2.45) is 7.05 Å². The molecular formula is C13H17N5O2. The molecule has 2 rings (SSSR count). The molecule has 1 N–H and O–H groups in total. The molecule has 0 radical (unpaired) electrons. The first-order valence-electron chi connectivity index (χ1n) is 6.38. The molecule has 0 fully saturated rings. The number of nitrogens with zero attached hydrogens (tertiary/aromatic N) is 4. The van der Waals surface area contributed by atoms with Crippen molar-refractivity contribution >= 4 is 5.69 Å². The average Bonchev–Trinajstić information content (AvgIpc) is 2.85. The van der Waals surface area contributed by atoms with E-state index in [4.69, 9.17) is 0 Å². The summed E-state index contributed by atoms with van der Waals surface area (Å²) in [7, 11) is 1.91. The molecule has 1 atom stereocenters. The molecule has 0 spiro atoms. The van der Waals surface area contributed by atoms with Crippen LogP contribution in [0, 0.1) is 10.1 Å². The van der Waals surface area contributed by atoms with Gasteiger partial charge in [0, 0.05) is 19.2 Å². The van der Waals surface area contributed by atoms with Crippen LogP contribution in [0.1, 0.15) is 24.4 Å². The lowest BCUT2D eigenvalue weighted by molar-refractivity contribution is -0.384. The van der Waals surface area contributed by atoms with Gasteiger partial charge < -0.3 is 9.88 Å². The van der Waals surface area contributed by atoms with Gasteiger partial charge in [-0.15, -0.1) is 10.2 Å². The van der Waals surface area contributed by atoms with E-state index < -0.39 is 4.92 Å². The van der Waals surface area contributed by atoms with Crippen LogP contribution >= 0.6 is 0 Å². The molecule has 1 heterocycles. The highest BCUT2D eigenvalue weighted by Gasteiger charge is 2.10. The molecule has 2 aromatic rings. The maximum Gasteiger partial charge on any atom is 0.269 e. The molecule has 7 nitrogen and oxygen atoms in total. The Morgan fingerprint density at radius 2 is 2.10 bits per heavy atom. The van der Waals surface area contributed by atoms with Gasteiger partial charge in [-0.05, 0) is 25.5 Å². The standard InChI is InChI=1S/C13H17N5O2/c1-10(13-16-15-9-17(13)2)14-8-7-11-3-5-12(6-4-11)18(19)20/h3-6,9-10,14H,7-8H2,1-2H3. The summed E-state index contributed by atoms with van der Waals surface area (Å²) in [5.41, 5.74) is 1.18. The smallest absolute Gasteiger partial charge is 0.269 e. The van der Waals surface area contributed by atoms with Crippen molar-refractivity contribution in [1.82, 2.24) is 20.1 Å². The van der Waals surface area contributed by atoms with Crippen molar-refractivity contribution in [1.29, 1.82) is 0 Å². The summed E-state index contributed by atoms with van der Waals surface area (Å²) in [5.74, 6) is 0.883. The number of aryl methyl sites for hydroxylation is 1. The molecule has 0 aliphatic heterocycles. The maximum absolute atomic E-state index is 10.6. The van der Waals surface area contributed by atoms with E-state index >= 15 is 0 Å². The minimum Gasteiger partial charge on any atom is -0.319 e. The maximum atomic E-state index is 10.6. The van der Waals surface area contributed by atoms with E-state index in [0.717, 1.165) is 24.4 Å². The van der Waals surface area contributed by atoms with Crippen LogP contribution in [0.4, 0.5) is 5.69 Å². The molecular weight excluding hydrogens is 258 g/mol. The summed E-state index contributed by atoms with van der Waals surface area (Å²) in [6.07, 6.45) is 2.48. The normalized spacial score (nSPS) is 12.3. The van der Waals surface area contributed by atoms with Gasteiger partial charge in [-0.1, -0.05) is 12.1 Å². The molecule has 0 aliphatic carbocycles. The van der Waals surface area contributed by atoms with Crippen LogP contribution in [0.25, 0.3) is 0 Å². The molecule has 20 heavy (non-hydrogen) atoms. The summed E-state index contributed by atoms with van der Waals surface area (Å²) in [4.78, 5) is 10.2. The van der Waals surface area contributed by atoms with Crippen LogP contribution in [0.2, 0.25) is 0 Å². The van der Waals surface area contributed by atoms with E-state index in [2.05, 4.69) is 15.5 Å². The number of nitrogens with one attached hydrogen (secondary N) is 1. The predicted molar refractivity (Wildman–Crippen MR) is 74.2 cm³/mol. The lowest BCUT2D eigenvalue weighted by Crippen LogP contribution is -2.23. The molecule has 0 saturated heterocycles. The molecule has 1 aromatic heterocycles. The average molecular weight is 275 g/mol. The van der Waals surface area contributed by atoms with Crippen LogP contribution < -0.4 is 5.32 Å². The second kappa shape index (κ2) is 6.25. The zero-order valence-corrected chi connectivity index (χ0v) is 11.5. The van der Waals surface area contributed by atoms with Crippen LogP contribution in [0.15, 0.2) is 30.6 Å². The number of hydrogen-bond donors (Lipinski definition) is 1. The number of non-ortho nitro benzene ring substituents is 1. The van der Waals surface area contributed by atoms with Crippen molar-refractivity contribution in [3.05, 3.63) is 52.1 Å². The first kappa shape index (κ1) is 14.1. The molecule has 0 amide bonds. The molecule has 106 valence electrons. The Balaban J connectivity index is 1.84. The number of aromatic nitrogens is 3. The number of nitro groups is 1. The molecule has 1 aromatic carbocycles. The minimum atomic E-state index is -0.391. The third-order valence-corrected chi connectivity index (χ3v) is 3.15. The third-order valence-electron chi connectivity index (χ3n) is 3.15. The summed E-state index contributed by atoms with van der Waals surface area (Å²) in [6.45, 7) is 2.80. The van der Waals surface area contributed by atoms with E-state index in [9.17, 15) is 10.1 Å². The summed E-state index contributed by atoms with van der Waals surface area (Å²) >= 11 is 0. The number of nitro benzene ring substituents is 1. The second-order valence-corrected chi connectivity index (χ2v) is 4.65. The van der Waals surface area contributed by atoms with Gasteiger partial charge in [0.05, 0.1) is 11.0 Å². The first-order chi connectivity index (χ1) is 9.58. The Bertz CT molecular complexity index is 579. The fourth-order valence-corrected chi connectivity index (χ4v) is 1.99. The SMILES string of the molecule is CC(NCCc1ccc([N+](=O)[O-])cc1)c1nncn1C. The van der Waals surface area contributed by atoms with E-state index in [0.29, 0.717) is 0 Å². The van der Waals surface area contributed by atoms with E-state index in [1.165, 1.54) is 12.1 Å². The Morgan fingerprint density at radius 3 is 2.65 bits per heavy atom. The van der Waals surface area contributed by atoms with Crippen molar-refractivity contribution in [2.75, 3.05) is 6.54 Å². The number of hydrogen-bond acceptors (Lipinski definition) is 5. The monoisotopic (exact) mass is 275 g/mol. The van der Waals surface area contributed by atoms with Gasteiger partial charge in [-0.3, -0.25) is 10.1 Å². The summed E-state index contributed by atoms with van der Waals surface area (Å²) < 4.78 is 1.88. The van der Waals surface area contributed by atoms with Crippen molar-refractivity contribution in [3.8, 4) is 0 Å². The molecule has 1 unspecified atom stereocenters. The van der Waals surface area contributed by atoms with Gasteiger partial charge in [0.1, 0.15) is 12.2 Å². The minimum absolute atomic E-state index is 0.112. The van der Waals surface area contributed by atoms with Gasteiger partial charge in [-0.2, -0.15) is 0 Å². The Morgan fingerprint density at radius 1 is 1.40 bits per heavy atom. The zero-order chi connectivity index (χ0) is 14.5. The fourth-order valence-electron chi connectivity index (χ4n) is 1.99. The highest BCUT2D eigenvalue weighted by Crippen LogP contribution is 2.12. The van der Waals surface area contributed by atoms with E-state index in [1.807, 2.05) is 18.5 Å². The van der Waals surface area contributed by atoms with Gasteiger partial charge in [0.25, 0.3) is 5.69 Å². The number of benzene rings is 1. The first-order valence-corrected chi connectivity index (χ1v) is 6.38. The predicted octanol–water partition coefficient (Wildman–Crippen LogP) is 1.62. The topological polar surface area (TPSA) is 85.9 Å². The quantitative estimate of drug-likeness (QED) is 0.639. The van der Waals surface area contributed by atoms with Gasteiger partial charge >= 0.3 is 0 Å². The Kier molecular flexibility index (Phi) is 4.41. The van der Waals surface area contributed by atoms with Crippen molar-refractivity contribution in [3.63, 3.8) is 0 Å². The van der Waals surface area contributed by atoms with Crippen molar-refractivity contribution in [2.45, 2.75) is 19.4 Å².